The maximum absolute atomic E-state index is 5.49. The lowest BCUT2D eigenvalue weighted by Gasteiger charge is -2.35. The molecule has 0 spiro atoms. The van der Waals surface area contributed by atoms with Crippen molar-refractivity contribution in [2.45, 2.75) is 6.54 Å². The van der Waals surface area contributed by atoms with Gasteiger partial charge in [0.05, 0.1) is 19.3 Å². The molecular weight excluding hydrogens is 270 g/mol. The van der Waals surface area contributed by atoms with Crippen molar-refractivity contribution in [3.63, 3.8) is 0 Å². The van der Waals surface area contributed by atoms with E-state index in [1.807, 2.05) is 18.2 Å². The monoisotopic (exact) mass is 289 g/mol. The maximum Gasteiger partial charge on any atom is 0.318 e. The number of aromatic nitrogens is 2. The predicted octanol–water partition coefficient (Wildman–Crippen LogP) is 0.863. The average molecular weight is 289 g/mol. The third-order valence-corrected chi connectivity index (χ3v) is 3.61. The van der Waals surface area contributed by atoms with Crippen molar-refractivity contribution in [1.82, 2.24) is 10.2 Å². The Bertz CT molecular complexity index is 593. The fourth-order valence-corrected chi connectivity index (χ4v) is 2.48. The van der Waals surface area contributed by atoms with Crippen molar-refractivity contribution in [3.05, 3.63) is 30.2 Å². The molecule has 0 radical (unpaired) electrons. The van der Waals surface area contributed by atoms with Gasteiger partial charge in [-0.05, 0) is 12.1 Å². The number of anilines is 2. The third-order valence-electron chi connectivity index (χ3n) is 3.61. The van der Waals surface area contributed by atoms with Crippen LogP contribution >= 0.6 is 0 Å². The summed E-state index contributed by atoms with van der Waals surface area (Å²) in [7, 11) is 1.70. The summed E-state index contributed by atoms with van der Waals surface area (Å²) in [6.07, 6.45) is 0. The number of ether oxygens (including phenoxy) is 1. The highest BCUT2D eigenvalue weighted by molar-refractivity contribution is 5.59. The average Bonchev–Trinajstić information content (AvgIpc) is 3.04. The van der Waals surface area contributed by atoms with Gasteiger partial charge in [-0.15, -0.1) is 5.10 Å². The Morgan fingerprint density at radius 2 is 1.86 bits per heavy atom. The van der Waals surface area contributed by atoms with Gasteiger partial charge < -0.3 is 24.7 Å². The lowest BCUT2D eigenvalue weighted by molar-refractivity contribution is 0.413. The van der Waals surface area contributed by atoms with Crippen molar-refractivity contribution in [1.29, 1.82) is 0 Å². The van der Waals surface area contributed by atoms with E-state index in [0.29, 0.717) is 11.9 Å². The topological polar surface area (TPSA) is 80.7 Å². The standard InChI is InChI=1S/C14H19N5O2/c1-20-12-5-3-2-4-11(12)18-6-8-19(9-7-18)14-17-16-13(10-15)21-14/h2-5H,6-10,15H2,1H3. The van der Waals surface area contributed by atoms with Gasteiger partial charge >= 0.3 is 6.01 Å². The van der Waals surface area contributed by atoms with Gasteiger partial charge in [-0.3, -0.25) is 0 Å². The zero-order chi connectivity index (χ0) is 14.7. The minimum absolute atomic E-state index is 0.272. The van der Waals surface area contributed by atoms with Crippen LogP contribution in [0.2, 0.25) is 0 Å². The highest BCUT2D eigenvalue weighted by Crippen LogP contribution is 2.28. The van der Waals surface area contributed by atoms with Crippen LogP contribution in [0.25, 0.3) is 0 Å². The number of hydrogen-bond donors (Lipinski definition) is 1. The SMILES string of the molecule is COc1ccccc1N1CCN(c2nnc(CN)o2)CC1. The molecule has 0 saturated carbocycles. The van der Waals surface area contributed by atoms with Gasteiger partial charge in [0.2, 0.25) is 5.89 Å². The molecule has 0 bridgehead atoms. The van der Waals surface area contributed by atoms with Gasteiger partial charge in [0.1, 0.15) is 5.75 Å². The summed E-state index contributed by atoms with van der Waals surface area (Å²) in [6, 6.07) is 8.61. The summed E-state index contributed by atoms with van der Waals surface area (Å²) < 4.78 is 10.9. The molecule has 0 unspecified atom stereocenters. The third kappa shape index (κ3) is 2.78. The minimum atomic E-state index is 0.272. The summed E-state index contributed by atoms with van der Waals surface area (Å²) in [5.41, 5.74) is 6.60. The zero-order valence-corrected chi connectivity index (χ0v) is 12.0. The van der Waals surface area contributed by atoms with E-state index in [4.69, 9.17) is 14.9 Å². The molecule has 7 heteroatoms. The number of nitrogens with zero attached hydrogens (tertiary/aromatic N) is 4. The van der Waals surface area contributed by atoms with Crippen molar-refractivity contribution in [2.24, 2.45) is 5.73 Å². The summed E-state index contributed by atoms with van der Waals surface area (Å²) in [6.45, 7) is 3.67. The van der Waals surface area contributed by atoms with Crippen molar-refractivity contribution < 1.29 is 9.15 Å². The van der Waals surface area contributed by atoms with Gasteiger partial charge in [0.15, 0.2) is 0 Å². The Morgan fingerprint density at radius 3 is 2.52 bits per heavy atom. The molecule has 1 aromatic carbocycles. The molecule has 1 saturated heterocycles. The van der Waals surface area contributed by atoms with E-state index in [0.717, 1.165) is 37.6 Å². The molecular formula is C14H19N5O2. The summed E-state index contributed by atoms with van der Waals surface area (Å²) in [5, 5.41) is 7.93. The molecule has 0 aliphatic carbocycles. The molecule has 3 rings (SSSR count). The Kier molecular flexibility index (Phi) is 3.92. The van der Waals surface area contributed by atoms with Crippen molar-refractivity contribution in [3.8, 4) is 5.75 Å². The largest absolute Gasteiger partial charge is 0.495 e. The van der Waals surface area contributed by atoms with Crippen LogP contribution in [0.1, 0.15) is 5.89 Å². The van der Waals surface area contributed by atoms with Gasteiger partial charge in [0, 0.05) is 26.2 Å². The van der Waals surface area contributed by atoms with Crippen molar-refractivity contribution >= 4 is 11.7 Å². The van der Waals surface area contributed by atoms with Crippen LogP contribution in [0.3, 0.4) is 0 Å². The first kappa shape index (κ1) is 13.7. The number of rotatable bonds is 4. The molecule has 1 fully saturated rings. The number of piperazine rings is 1. The number of methoxy groups -OCH3 is 1. The van der Waals surface area contributed by atoms with E-state index in [1.165, 1.54) is 0 Å². The Morgan fingerprint density at radius 1 is 1.14 bits per heavy atom. The molecule has 2 N–H and O–H groups in total. The van der Waals surface area contributed by atoms with Gasteiger partial charge in [-0.1, -0.05) is 17.2 Å². The van der Waals surface area contributed by atoms with E-state index in [1.54, 1.807) is 7.11 Å². The van der Waals surface area contributed by atoms with E-state index in [-0.39, 0.29) is 6.54 Å². The number of hydrogen-bond acceptors (Lipinski definition) is 7. The van der Waals surface area contributed by atoms with Crippen molar-refractivity contribution in [2.75, 3.05) is 43.1 Å². The fourth-order valence-electron chi connectivity index (χ4n) is 2.48. The molecule has 2 aromatic rings. The van der Waals surface area contributed by atoms with E-state index in [2.05, 4.69) is 26.1 Å². The Hall–Kier alpha value is -2.28. The molecule has 112 valence electrons. The van der Waals surface area contributed by atoms with E-state index < -0.39 is 0 Å². The quantitative estimate of drug-likeness (QED) is 0.894. The summed E-state index contributed by atoms with van der Waals surface area (Å²) in [5.74, 6) is 1.37. The van der Waals surface area contributed by atoms with E-state index in [9.17, 15) is 0 Å². The highest BCUT2D eigenvalue weighted by atomic mass is 16.5. The fraction of sp³-hybridized carbons (Fsp3) is 0.429. The molecule has 7 nitrogen and oxygen atoms in total. The van der Waals surface area contributed by atoms with Crippen LogP contribution in [0.4, 0.5) is 11.7 Å². The molecule has 0 amide bonds. The van der Waals surface area contributed by atoms with Crippen LogP contribution < -0.4 is 20.3 Å². The minimum Gasteiger partial charge on any atom is -0.495 e. The lowest BCUT2D eigenvalue weighted by atomic mass is 10.2. The van der Waals surface area contributed by atoms with Gasteiger partial charge in [0.25, 0.3) is 0 Å². The summed E-state index contributed by atoms with van der Waals surface area (Å²) >= 11 is 0. The maximum atomic E-state index is 5.49. The summed E-state index contributed by atoms with van der Waals surface area (Å²) in [4.78, 5) is 4.38. The molecule has 21 heavy (non-hydrogen) atoms. The first-order valence-corrected chi connectivity index (χ1v) is 6.97. The van der Waals surface area contributed by atoms with Gasteiger partial charge in [-0.25, -0.2) is 0 Å². The predicted molar refractivity (Wildman–Crippen MR) is 79.6 cm³/mol. The second-order valence-electron chi connectivity index (χ2n) is 4.83. The first-order chi connectivity index (χ1) is 10.3. The molecule has 1 aliphatic heterocycles. The highest BCUT2D eigenvalue weighted by Gasteiger charge is 2.22. The van der Waals surface area contributed by atoms with Crippen LogP contribution in [0.5, 0.6) is 5.75 Å². The Balaban J connectivity index is 1.67. The normalized spacial score (nSPS) is 15.3. The zero-order valence-electron chi connectivity index (χ0n) is 12.0. The first-order valence-electron chi connectivity index (χ1n) is 6.97. The van der Waals surface area contributed by atoms with E-state index >= 15 is 0 Å². The lowest BCUT2D eigenvalue weighted by Crippen LogP contribution is -2.46. The van der Waals surface area contributed by atoms with Crippen LogP contribution in [-0.2, 0) is 6.54 Å². The van der Waals surface area contributed by atoms with Gasteiger partial charge in [-0.2, -0.15) is 0 Å². The second-order valence-corrected chi connectivity index (χ2v) is 4.83. The molecule has 2 heterocycles. The van der Waals surface area contributed by atoms with Crippen LogP contribution in [-0.4, -0.2) is 43.5 Å². The number of benzene rings is 1. The Labute approximate surface area is 123 Å². The molecule has 0 atom stereocenters. The van der Waals surface area contributed by atoms with Crippen LogP contribution in [0, 0.1) is 0 Å². The number of nitrogens with two attached hydrogens (primary N) is 1. The second kappa shape index (κ2) is 6.01. The number of para-hydroxylation sites is 2. The van der Waals surface area contributed by atoms with Crippen LogP contribution in [0.15, 0.2) is 28.7 Å². The molecule has 1 aliphatic rings. The molecule has 1 aromatic heterocycles. The smallest absolute Gasteiger partial charge is 0.318 e.